The molecule has 0 aromatic heterocycles. The molecule has 2 N–H and O–H groups in total. The van der Waals surface area contributed by atoms with E-state index in [1.807, 2.05) is 0 Å². The van der Waals surface area contributed by atoms with E-state index < -0.39 is 11.8 Å². The van der Waals surface area contributed by atoms with Crippen molar-refractivity contribution in [3.05, 3.63) is 71.0 Å². The second kappa shape index (κ2) is 7.23. The number of amides is 2. The highest BCUT2D eigenvalue weighted by molar-refractivity contribution is 7.80. The van der Waals surface area contributed by atoms with Crippen molar-refractivity contribution in [3.63, 3.8) is 0 Å². The summed E-state index contributed by atoms with van der Waals surface area (Å²) in [6.45, 7) is 0.273. The lowest BCUT2D eigenvalue weighted by molar-refractivity contribution is -0.123. The molecule has 1 aliphatic heterocycles. The zero-order valence-electron chi connectivity index (χ0n) is 12.9. The van der Waals surface area contributed by atoms with Gasteiger partial charge in [0.15, 0.2) is 5.11 Å². The van der Waals surface area contributed by atoms with Crippen molar-refractivity contribution in [1.29, 1.82) is 0 Å². The Balaban J connectivity index is 1.74. The number of carbonyl (C=O) groups excluding carboxylic acids is 2. The van der Waals surface area contributed by atoms with Crippen LogP contribution in [0.25, 0.3) is 6.08 Å². The van der Waals surface area contributed by atoms with E-state index in [2.05, 4.69) is 10.6 Å². The van der Waals surface area contributed by atoms with Crippen molar-refractivity contribution < 1.29 is 18.7 Å². The lowest BCUT2D eigenvalue weighted by atomic mass is 10.1. The van der Waals surface area contributed by atoms with E-state index >= 15 is 0 Å². The van der Waals surface area contributed by atoms with Crippen LogP contribution >= 0.6 is 12.2 Å². The molecule has 1 aliphatic rings. The van der Waals surface area contributed by atoms with Crippen LogP contribution in [0.4, 0.5) is 4.39 Å². The van der Waals surface area contributed by atoms with Gasteiger partial charge in [0.05, 0.1) is 0 Å². The van der Waals surface area contributed by atoms with E-state index in [0.29, 0.717) is 11.3 Å². The molecule has 0 unspecified atom stereocenters. The molecule has 0 aliphatic carbocycles. The molecule has 2 aromatic rings. The van der Waals surface area contributed by atoms with Crippen LogP contribution in [0.3, 0.4) is 0 Å². The van der Waals surface area contributed by atoms with E-state index in [-0.39, 0.29) is 23.1 Å². The minimum absolute atomic E-state index is 0.0106. The van der Waals surface area contributed by atoms with E-state index in [4.69, 9.17) is 17.0 Å². The normalized spacial score (nSPS) is 14.0. The quantitative estimate of drug-likeness (QED) is 0.501. The molecule has 0 atom stereocenters. The Morgan fingerprint density at radius 3 is 2.40 bits per heavy atom. The zero-order valence-corrected chi connectivity index (χ0v) is 13.7. The van der Waals surface area contributed by atoms with Gasteiger partial charge in [0, 0.05) is 0 Å². The molecule has 7 heteroatoms. The number of thiocarbonyl (C=S) groups is 1. The molecule has 0 bridgehead atoms. The Labute approximate surface area is 148 Å². The summed E-state index contributed by atoms with van der Waals surface area (Å²) < 4.78 is 18.6. The summed E-state index contributed by atoms with van der Waals surface area (Å²) in [4.78, 5) is 23.7. The fourth-order valence-corrected chi connectivity index (χ4v) is 2.40. The smallest absolute Gasteiger partial charge is 0.263 e. The topological polar surface area (TPSA) is 67.4 Å². The first-order valence-electron chi connectivity index (χ1n) is 7.37. The number of carbonyl (C=O) groups is 2. The summed E-state index contributed by atoms with van der Waals surface area (Å²) in [5.41, 5.74) is 1.42. The number of benzene rings is 2. The standard InChI is InChI=1S/C18H13FN2O3S/c19-13-6-4-11(5-7-13)10-24-14-3-1-2-12(8-14)9-15-16(22)20-18(25)21-17(15)23/h1-9H,10H2,(H2,20,21,22,23,25). The van der Waals surface area contributed by atoms with Gasteiger partial charge in [-0.3, -0.25) is 20.2 Å². The van der Waals surface area contributed by atoms with E-state index in [1.54, 1.807) is 36.4 Å². The van der Waals surface area contributed by atoms with Gasteiger partial charge in [-0.25, -0.2) is 4.39 Å². The van der Waals surface area contributed by atoms with Gasteiger partial charge in [0.1, 0.15) is 23.7 Å². The van der Waals surface area contributed by atoms with Gasteiger partial charge in [0.25, 0.3) is 11.8 Å². The maximum atomic E-state index is 12.9. The number of ether oxygens (including phenoxy) is 1. The molecule has 2 amide bonds. The van der Waals surface area contributed by atoms with Crippen LogP contribution < -0.4 is 15.4 Å². The Kier molecular flexibility index (Phi) is 4.85. The van der Waals surface area contributed by atoms with Crippen molar-refractivity contribution in [3.8, 4) is 5.75 Å². The molecule has 0 spiro atoms. The van der Waals surface area contributed by atoms with Crippen molar-refractivity contribution in [2.24, 2.45) is 0 Å². The number of halogens is 1. The molecule has 1 fully saturated rings. The molecule has 5 nitrogen and oxygen atoms in total. The molecule has 3 rings (SSSR count). The predicted molar refractivity (Wildman–Crippen MR) is 94.0 cm³/mol. The van der Waals surface area contributed by atoms with E-state index in [0.717, 1.165) is 5.56 Å². The number of hydrogen-bond acceptors (Lipinski definition) is 4. The van der Waals surface area contributed by atoms with Gasteiger partial charge in [-0.15, -0.1) is 0 Å². The monoisotopic (exact) mass is 356 g/mol. The number of nitrogens with one attached hydrogen (secondary N) is 2. The second-order valence-corrected chi connectivity index (χ2v) is 5.69. The summed E-state index contributed by atoms with van der Waals surface area (Å²) in [6, 6.07) is 12.9. The van der Waals surface area contributed by atoms with Crippen molar-refractivity contribution in [2.45, 2.75) is 6.61 Å². The fourth-order valence-electron chi connectivity index (χ4n) is 2.21. The minimum atomic E-state index is -0.550. The van der Waals surface area contributed by atoms with Crippen LogP contribution in [-0.2, 0) is 16.2 Å². The number of rotatable bonds is 4. The summed E-state index contributed by atoms with van der Waals surface area (Å²) in [5, 5.41) is 4.74. The summed E-state index contributed by atoms with van der Waals surface area (Å²) in [5.74, 6) is -0.843. The molecular weight excluding hydrogens is 343 g/mol. The van der Waals surface area contributed by atoms with Crippen LogP contribution in [0.2, 0.25) is 0 Å². The van der Waals surface area contributed by atoms with Crippen LogP contribution in [0.5, 0.6) is 5.75 Å². The largest absolute Gasteiger partial charge is 0.489 e. The predicted octanol–water partition coefficient (Wildman–Crippen LogP) is 2.32. The maximum absolute atomic E-state index is 12.9. The lowest BCUT2D eigenvalue weighted by Crippen LogP contribution is -2.51. The second-order valence-electron chi connectivity index (χ2n) is 5.28. The first-order valence-corrected chi connectivity index (χ1v) is 7.78. The highest BCUT2D eigenvalue weighted by Gasteiger charge is 2.25. The van der Waals surface area contributed by atoms with Gasteiger partial charge in [-0.05, 0) is 53.7 Å². The molecule has 25 heavy (non-hydrogen) atoms. The zero-order chi connectivity index (χ0) is 17.8. The van der Waals surface area contributed by atoms with Gasteiger partial charge >= 0.3 is 0 Å². The third kappa shape index (κ3) is 4.27. The fraction of sp³-hybridized carbons (Fsp3) is 0.0556. The Bertz CT molecular complexity index is 856. The average molecular weight is 356 g/mol. The number of hydrogen-bond donors (Lipinski definition) is 2. The Hall–Kier alpha value is -3.06. The van der Waals surface area contributed by atoms with E-state index in [1.165, 1.54) is 18.2 Å². The first-order chi connectivity index (χ1) is 12.0. The van der Waals surface area contributed by atoms with E-state index in [9.17, 15) is 14.0 Å². The SMILES string of the molecule is O=C1NC(=S)NC(=O)C1=Cc1cccc(OCc2ccc(F)cc2)c1. The van der Waals surface area contributed by atoms with Crippen LogP contribution in [0.1, 0.15) is 11.1 Å². The third-order valence-corrected chi connectivity index (χ3v) is 3.64. The van der Waals surface area contributed by atoms with Crippen molar-refractivity contribution in [2.75, 3.05) is 0 Å². The van der Waals surface area contributed by atoms with Gasteiger partial charge in [-0.1, -0.05) is 24.3 Å². The molecule has 1 heterocycles. The van der Waals surface area contributed by atoms with Gasteiger partial charge < -0.3 is 4.74 Å². The van der Waals surface area contributed by atoms with Gasteiger partial charge in [0.2, 0.25) is 0 Å². The summed E-state index contributed by atoms with van der Waals surface area (Å²) in [7, 11) is 0. The van der Waals surface area contributed by atoms with Crippen LogP contribution in [0, 0.1) is 5.82 Å². The maximum Gasteiger partial charge on any atom is 0.263 e. The van der Waals surface area contributed by atoms with Crippen LogP contribution in [0.15, 0.2) is 54.1 Å². The Morgan fingerprint density at radius 2 is 1.72 bits per heavy atom. The summed E-state index contributed by atoms with van der Waals surface area (Å²) >= 11 is 4.75. The Morgan fingerprint density at radius 1 is 1.04 bits per heavy atom. The van der Waals surface area contributed by atoms with Crippen LogP contribution in [-0.4, -0.2) is 16.9 Å². The van der Waals surface area contributed by atoms with Gasteiger partial charge in [-0.2, -0.15) is 0 Å². The van der Waals surface area contributed by atoms with Crippen molar-refractivity contribution >= 4 is 35.2 Å². The highest BCUT2D eigenvalue weighted by atomic mass is 32.1. The molecule has 1 saturated heterocycles. The molecule has 0 radical (unpaired) electrons. The molecular formula is C18H13FN2O3S. The first kappa shape index (κ1) is 16.8. The molecule has 126 valence electrons. The average Bonchev–Trinajstić information content (AvgIpc) is 2.58. The minimum Gasteiger partial charge on any atom is -0.489 e. The highest BCUT2D eigenvalue weighted by Crippen LogP contribution is 2.18. The van der Waals surface area contributed by atoms with Crippen molar-refractivity contribution in [1.82, 2.24) is 10.6 Å². The third-order valence-electron chi connectivity index (χ3n) is 3.43. The molecule has 2 aromatic carbocycles. The lowest BCUT2D eigenvalue weighted by Gasteiger charge is -2.16. The summed E-state index contributed by atoms with van der Waals surface area (Å²) in [6.07, 6.45) is 1.46. The molecule has 0 saturated carbocycles.